The summed E-state index contributed by atoms with van der Waals surface area (Å²) in [5.74, 6) is 0.806. The second-order valence-electron chi connectivity index (χ2n) is 4.63. The Hall–Kier alpha value is -1.98. The molecule has 0 aromatic carbocycles. The minimum Gasteiger partial charge on any atom is -0.328 e. The lowest BCUT2D eigenvalue weighted by atomic mass is 10.2. The van der Waals surface area contributed by atoms with Crippen LogP contribution in [0.25, 0.3) is 22.6 Å². The van der Waals surface area contributed by atoms with Crippen molar-refractivity contribution < 1.29 is 0 Å². The zero-order valence-electron chi connectivity index (χ0n) is 11.0. The van der Waals surface area contributed by atoms with Crippen molar-refractivity contribution in [2.75, 3.05) is 6.54 Å². The maximum absolute atomic E-state index is 5.99. The molecule has 1 unspecified atom stereocenters. The van der Waals surface area contributed by atoms with E-state index < -0.39 is 0 Å². The minimum atomic E-state index is 0.0869. The van der Waals surface area contributed by atoms with Crippen molar-refractivity contribution in [1.29, 1.82) is 0 Å². The van der Waals surface area contributed by atoms with E-state index in [1.54, 1.807) is 18.6 Å². The molecule has 6 heteroatoms. The van der Waals surface area contributed by atoms with Gasteiger partial charge in [0.15, 0.2) is 5.65 Å². The number of pyridine rings is 2. The van der Waals surface area contributed by atoms with Crippen molar-refractivity contribution in [3.63, 3.8) is 0 Å². The molecule has 102 valence electrons. The van der Waals surface area contributed by atoms with E-state index in [2.05, 4.69) is 15.0 Å². The summed E-state index contributed by atoms with van der Waals surface area (Å²) in [7, 11) is 0. The Labute approximate surface area is 121 Å². The molecule has 0 bridgehead atoms. The maximum Gasteiger partial charge on any atom is 0.160 e. The van der Waals surface area contributed by atoms with E-state index in [1.165, 1.54) is 0 Å². The number of hydrogen-bond donors (Lipinski definition) is 1. The second kappa shape index (κ2) is 5.19. The predicted molar refractivity (Wildman–Crippen MR) is 79.5 cm³/mol. The van der Waals surface area contributed by atoms with Crippen molar-refractivity contribution in [1.82, 2.24) is 19.5 Å². The molecule has 3 aromatic heterocycles. The quantitative estimate of drug-likeness (QED) is 0.804. The average Bonchev–Trinajstić information content (AvgIpc) is 2.85. The highest BCUT2D eigenvalue weighted by molar-refractivity contribution is 6.31. The van der Waals surface area contributed by atoms with Gasteiger partial charge >= 0.3 is 0 Å². The summed E-state index contributed by atoms with van der Waals surface area (Å²) < 4.78 is 2.03. The molecule has 5 nitrogen and oxygen atoms in total. The average molecular weight is 288 g/mol. The summed E-state index contributed by atoms with van der Waals surface area (Å²) >= 11 is 5.99. The molecule has 0 saturated carbocycles. The fraction of sp³-hybridized carbons (Fsp3) is 0.214. The molecule has 3 aromatic rings. The van der Waals surface area contributed by atoms with E-state index >= 15 is 0 Å². The highest BCUT2D eigenvalue weighted by atomic mass is 35.5. The van der Waals surface area contributed by atoms with Gasteiger partial charge in [0.05, 0.1) is 5.02 Å². The van der Waals surface area contributed by atoms with Crippen LogP contribution < -0.4 is 5.73 Å². The first-order valence-electron chi connectivity index (χ1n) is 6.34. The van der Waals surface area contributed by atoms with Gasteiger partial charge in [-0.05, 0) is 25.1 Å². The van der Waals surface area contributed by atoms with E-state index in [1.807, 2.05) is 29.7 Å². The fourth-order valence-electron chi connectivity index (χ4n) is 2.18. The number of rotatable bonds is 3. The number of imidazole rings is 1. The van der Waals surface area contributed by atoms with Crippen LogP contribution in [0.5, 0.6) is 0 Å². The Bertz CT molecular complexity index is 738. The van der Waals surface area contributed by atoms with E-state index in [0.717, 1.165) is 22.6 Å². The molecular weight excluding hydrogens is 274 g/mol. The molecule has 0 aliphatic rings. The Morgan fingerprint density at radius 2 is 2.25 bits per heavy atom. The van der Waals surface area contributed by atoms with E-state index in [-0.39, 0.29) is 6.04 Å². The van der Waals surface area contributed by atoms with Gasteiger partial charge in [-0.15, -0.1) is 0 Å². The van der Waals surface area contributed by atoms with Gasteiger partial charge < -0.3 is 10.3 Å². The number of halogens is 1. The lowest BCUT2D eigenvalue weighted by Crippen LogP contribution is -2.17. The van der Waals surface area contributed by atoms with Crippen LogP contribution in [0.15, 0.2) is 36.8 Å². The molecule has 0 amide bonds. The number of aromatic nitrogens is 4. The minimum absolute atomic E-state index is 0.0869. The molecular formula is C14H14ClN5. The molecule has 0 saturated heterocycles. The summed E-state index contributed by atoms with van der Waals surface area (Å²) in [6.45, 7) is 2.54. The molecule has 0 spiro atoms. The molecule has 2 N–H and O–H groups in total. The van der Waals surface area contributed by atoms with Crippen LogP contribution in [0.4, 0.5) is 0 Å². The SMILES string of the molecule is CC(CN)n1c(-c2cccnc2)nc2cc(Cl)cnc21. The van der Waals surface area contributed by atoms with Gasteiger partial charge in [0.25, 0.3) is 0 Å². The third-order valence-electron chi connectivity index (χ3n) is 3.20. The molecule has 1 atom stereocenters. The van der Waals surface area contributed by atoms with Crippen molar-refractivity contribution in [2.24, 2.45) is 5.73 Å². The van der Waals surface area contributed by atoms with Crippen LogP contribution in [0.2, 0.25) is 5.02 Å². The van der Waals surface area contributed by atoms with Crippen LogP contribution in [-0.4, -0.2) is 26.1 Å². The molecule has 0 aliphatic carbocycles. The Kier molecular flexibility index (Phi) is 3.38. The molecule has 0 fully saturated rings. The lowest BCUT2D eigenvalue weighted by Gasteiger charge is -2.14. The lowest BCUT2D eigenvalue weighted by molar-refractivity contribution is 0.575. The highest BCUT2D eigenvalue weighted by Gasteiger charge is 2.17. The predicted octanol–water partition coefficient (Wildman–Crippen LogP) is 2.67. The Morgan fingerprint density at radius 3 is 2.95 bits per heavy atom. The summed E-state index contributed by atoms with van der Waals surface area (Å²) in [5, 5.41) is 0.570. The monoisotopic (exact) mass is 287 g/mol. The topological polar surface area (TPSA) is 69.6 Å². The van der Waals surface area contributed by atoms with Gasteiger partial charge in [-0.3, -0.25) is 4.98 Å². The first-order valence-corrected chi connectivity index (χ1v) is 6.72. The van der Waals surface area contributed by atoms with Crippen LogP contribution in [0, 0.1) is 0 Å². The van der Waals surface area contributed by atoms with Gasteiger partial charge in [-0.25, -0.2) is 9.97 Å². The van der Waals surface area contributed by atoms with E-state index in [4.69, 9.17) is 17.3 Å². The molecule has 3 rings (SSSR count). The second-order valence-corrected chi connectivity index (χ2v) is 5.06. The highest BCUT2D eigenvalue weighted by Crippen LogP contribution is 2.27. The summed E-state index contributed by atoms with van der Waals surface area (Å²) in [6, 6.07) is 5.75. The number of hydrogen-bond acceptors (Lipinski definition) is 4. The molecule has 3 heterocycles. The van der Waals surface area contributed by atoms with Crippen molar-refractivity contribution in [2.45, 2.75) is 13.0 Å². The third-order valence-corrected chi connectivity index (χ3v) is 3.40. The Morgan fingerprint density at radius 1 is 1.40 bits per heavy atom. The standard InChI is InChI=1S/C14H14ClN5/c1-9(6-16)20-13(10-3-2-4-17-7-10)19-12-5-11(15)8-18-14(12)20/h2-5,7-9H,6,16H2,1H3. The van der Waals surface area contributed by atoms with Gasteiger partial charge in [-0.1, -0.05) is 11.6 Å². The van der Waals surface area contributed by atoms with Gasteiger partial charge in [0.1, 0.15) is 11.3 Å². The largest absolute Gasteiger partial charge is 0.328 e. The number of fused-ring (bicyclic) bond motifs is 1. The van der Waals surface area contributed by atoms with Gasteiger partial charge in [-0.2, -0.15) is 0 Å². The third kappa shape index (κ3) is 2.15. The summed E-state index contributed by atoms with van der Waals surface area (Å²) in [4.78, 5) is 13.2. The first-order chi connectivity index (χ1) is 9.70. The van der Waals surface area contributed by atoms with Crippen LogP contribution >= 0.6 is 11.6 Å². The van der Waals surface area contributed by atoms with Gasteiger partial charge in [0, 0.05) is 36.7 Å². The molecule has 0 radical (unpaired) electrons. The van der Waals surface area contributed by atoms with E-state index in [9.17, 15) is 0 Å². The van der Waals surface area contributed by atoms with Crippen LogP contribution in [-0.2, 0) is 0 Å². The summed E-state index contributed by atoms with van der Waals surface area (Å²) in [6.07, 6.45) is 5.14. The van der Waals surface area contributed by atoms with Crippen molar-refractivity contribution in [3.8, 4) is 11.4 Å². The van der Waals surface area contributed by atoms with Crippen LogP contribution in [0.1, 0.15) is 13.0 Å². The van der Waals surface area contributed by atoms with Crippen molar-refractivity contribution in [3.05, 3.63) is 41.8 Å². The Balaban J connectivity index is 2.30. The number of nitrogens with zero attached hydrogens (tertiary/aromatic N) is 4. The van der Waals surface area contributed by atoms with Crippen molar-refractivity contribution >= 4 is 22.8 Å². The fourth-order valence-corrected chi connectivity index (χ4v) is 2.33. The van der Waals surface area contributed by atoms with Crippen LogP contribution in [0.3, 0.4) is 0 Å². The smallest absolute Gasteiger partial charge is 0.160 e. The molecule has 20 heavy (non-hydrogen) atoms. The van der Waals surface area contributed by atoms with E-state index in [0.29, 0.717) is 11.6 Å². The number of nitrogens with two attached hydrogens (primary N) is 1. The first kappa shape index (κ1) is 13.0. The maximum atomic E-state index is 5.99. The molecule has 0 aliphatic heterocycles. The normalized spacial score (nSPS) is 12.8. The summed E-state index contributed by atoms with van der Waals surface area (Å²) in [5.41, 5.74) is 8.29. The van der Waals surface area contributed by atoms with Gasteiger partial charge in [0.2, 0.25) is 0 Å². The zero-order chi connectivity index (χ0) is 14.1. The zero-order valence-corrected chi connectivity index (χ0v) is 11.7.